The summed E-state index contributed by atoms with van der Waals surface area (Å²) >= 11 is 0. The standard InChI is InChI=1S/C14H9F2N3O2/c1-21-14(20)13-12(10(16)6-8(7-17)18-13)19-11-5-3-2-4-9(11)15/h2-6,19H,1H3. The number of pyridine rings is 1. The summed E-state index contributed by atoms with van der Waals surface area (Å²) in [6.07, 6.45) is 0. The van der Waals surface area contributed by atoms with Crippen LogP contribution in [0, 0.1) is 23.0 Å². The van der Waals surface area contributed by atoms with Crippen molar-refractivity contribution in [3.05, 3.63) is 53.4 Å². The second kappa shape index (κ2) is 5.96. The number of anilines is 2. The number of nitrogens with zero attached hydrogens (tertiary/aromatic N) is 2. The molecule has 0 aliphatic heterocycles. The van der Waals surface area contributed by atoms with Crippen molar-refractivity contribution < 1.29 is 18.3 Å². The van der Waals surface area contributed by atoms with E-state index in [1.54, 1.807) is 6.07 Å². The van der Waals surface area contributed by atoms with E-state index in [0.717, 1.165) is 13.2 Å². The van der Waals surface area contributed by atoms with Gasteiger partial charge in [0.1, 0.15) is 23.3 Å². The van der Waals surface area contributed by atoms with Gasteiger partial charge >= 0.3 is 5.97 Å². The molecule has 2 aromatic rings. The molecule has 0 saturated heterocycles. The van der Waals surface area contributed by atoms with Gasteiger partial charge in [0.2, 0.25) is 0 Å². The van der Waals surface area contributed by atoms with Gasteiger partial charge in [-0.2, -0.15) is 5.26 Å². The summed E-state index contributed by atoms with van der Waals surface area (Å²) in [6, 6.07) is 8.02. The summed E-state index contributed by atoms with van der Waals surface area (Å²) in [5.41, 5.74) is -1.11. The molecule has 1 aromatic carbocycles. The van der Waals surface area contributed by atoms with Gasteiger partial charge in [0, 0.05) is 6.07 Å². The molecule has 0 saturated carbocycles. The maximum atomic E-state index is 14.0. The molecule has 2 rings (SSSR count). The number of ether oxygens (including phenoxy) is 1. The van der Waals surface area contributed by atoms with Gasteiger partial charge in [-0.3, -0.25) is 0 Å². The van der Waals surface area contributed by atoms with Gasteiger partial charge < -0.3 is 10.1 Å². The first-order chi connectivity index (χ1) is 10.1. The van der Waals surface area contributed by atoms with Gasteiger partial charge in [0.15, 0.2) is 11.5 Å². The van der Waals surface area contributed by atoms with Crippen LogP contribution in [0.25, 0.3) is 0 Å². The van der Waals surface area contributed by atoms with Gasteiger partial charge in [0.05, 0.1) is 12.8 Å². The number of esters is 1. The summed E-state index contributed by atoms with van der Waals surface area (Å²) in [4.78, 5) is 15.3. The van der Waals surface area contributed by atoms with Crippen molar-refractivity contribution in [2.45, 2.75) is 0 Å². The number of carbonyl (C=O) groups is 1. The average Bonchev–Trinajstić information content (AvgIpc) is 2.50. The molecule has 0 spiro atoms. The molecule has 0 fully saturated rings. The van der Waals surface area contributed by atoms with E-state index in [4.69, 9.17) is 5.26 Å². The van der Waals surface area contributed by atoms with Crippen LogP contribution < -0.4 is 5.32 Å². The van der Waals surface area contributed by atoms with E-state index >= 15 is 0 Å². The Hall–Kier alpha value is -3.01. The lowest BCUT2D eigenvalue weighted by atomic mass is 10.2. The topological polar surface area (TPSA) is 75.0 Å². The van der Waals surface area contributed by atoms with Crippen molar-refractivity contribution >= 4 is 17.3 Å². The molecular formula is C14H9F2N3O2. The third-order valence-corrected chi connectivity index (χ3v) is 2.60. The van der Waals surface area contributed by atoms with Crippen LogP contribution in [-0.4, -0.2) is 18.1 Å². The number of methoxy groups -OCH3 is 1. The number of hydrogen-bond donors (Lipinski definition) is 1. The minimum Gasteiger partial charge on any atom is -0.464 e. The van der Waals surface area contributed by atoms with Crippen LogP contribution in [0.3, 0.4) is 0 Å². The number of aromatic nitrogens is 1. The molecule has 0 aliphatic carbocycles. The highest BCUT2D eigenvalue weighted by Crippen LogP contribution is 2.26. The van der Waals surface area contributed by atoms with Gasteiger partial charge in [-0.1, -0.05) is 12.1 Å². The summed E-state index contributed by atoms with van der Waals surface area (Å²) < 4.78 is 32.1. The lowest BCUT2D eigenvalue weighted by Gasteiger charge is -2.12. The van der Waals surface area contributed by atoms with Crippen LogP contribution in [0.5, 0.6) is 0 Å². The molecule has 106 valence electrons. The Morgan fingerprint density at radius 2 is 2.05 bits per heavy atom. The van der Waals surface area contributed by atoms with Crippen LogP contribution in [0.1, 0.15) is 16.2 Å². The van der Waals surface area contributed by atoms with Gasteiger partial charge in [-0.25, -0.2) is 18.6 Å². The molecule has 0 bridgehead atoms. The second-order valence-electron chi connectivity index (χ2n) is 3.92. The Bertz CT molecular complexity index is 741. The van der Waals surface area contributed by atoms with Crippen molar-refractivity contribution in [2.75, 3.05) is 12.4 Å². The van der Waals surface area contributed by atoms with E-state index in [1.165, 1.54) is 24.3 Å². The Morgan fingerprint density at radius 3 is 2.67 bits per heavy atom. The van der Waals surface area contributed by atoms with Gasteiger partial charge in [0.25, 0.3) is 0 Å². The van der Waals surface area contributed by atoms with Crippen molar-refractivity contribution in [1.29, 1.82) is 5.26 Å². The second-order valence-corrected chi connectivity index (χ2v) is 3.92. The number of halogens is 2. The number of nitriles is 1. The maximum Gasteiger partial charge on any atom is 0.358 e. The van der Waals surface area contributed by atoms with Crippen LogP contribution in [-0.2, 0) is 4.74 Å². The fourth-order valence-electron chi connectivity index (χ4n) is 1.63. The molecule has 0 aliphatic rings. The monoisotopic (exact) mass is 289 g/mol. The first-order valence-corrected chi connectivity index (χ1v) is 5.77. The van der Waals surface area contributed by atoms with Gasteiger partial charge in [-0.15, -0.1) is 0 Å². The Morgan fingerprint density at radius 1 is 1.33 bits per heavy atom. The fraction of sp³-hybridized carbons (Fsp3) is 0.0714. The summed E-state index contributed by atoms with van der Waals surface area (Å²) in [6.45, 7) is 0. The van der Waals surface area contributed by atoms with Crippen LogP contribution >= 0.6 is 0 Å². The molecule has 21 heavy (non-hydrogen) atoms. The van der Waals surface area contributed by atoms with E-state index in [1.807, 2.05) is 0 Å². The van der Waals surface area contributed by atoms with Crippen LogP contribution in [0.2, 0.25) is 0 Å². The molecule has 1 N–H and O–H groups in total. The smallest absolute Gasteiger partial charge is 0.358 e. The minimum absolute atomic E-state index is 0.0342. The summed E-state index contributed by atoms with van der Waals surface area (Å²) in [5, 5.41) is 11.2. The SMILES string of the molecule is COC(=O)c1nc(C#N)cc(F)c1Nc1ccccc1F. The first kappa shape index (κ1) is 14.4. The van der Waals surface area contributed by atoms with Crippen molar-refractivity contribution in [2.24, 2.45) is 0 Å². The molecule has 7 heteroatoms. The minimum atomic E-state index is -0.940. The van der Waals surface area contributed by atoms with E-state index < -0.39 is 23.3 Å². The molecule has 0 amide bonds. The van der Waals surface area contributed by atoms with E-state index in [0.29, 0.717) is 0 Å². The lowest BCUT2D eigenvalue weighted by Crippen LogP contribution is -2.11. The van der Waals surface area contributed by atoms with Crippen LogP contribution in [0.15, 0.2) is 30.3 Å². The summed E-state index contributed by atoms with van der Waals surface area (Å²) in [5.74, 6) is -2.48. The largest absolute Gasteiger partial charge is 0.464 e. The van der Waals surface area contributed by atoms with Crippen molar-refractivity contribution in [3.63, 3.8) is 0 Å². The Labute approximate surface area is 118 Å². The lowest BCUT2D eigenvalue weighted by molar-refractivity contribution is 0.0594. The summed E-state index contributed by atoms with van der Waals surface area (Å²) in [7, 11) is 1.09. The fourth-order valence-corrected chi connectivity index (χ4v) is 1.63. The third-order valence-electron chi connectivity index (χ3n) is 2.60. The zero-order chi connectivity index (χ0) is 15.4. The Balaban J connectivity index is 2.55. The zero-order valence-corrected chi connectivity index (χ0v) is 10.9. The first-order valence-electron chi connectivity index (χ1n) is 5.77. The molecule has 5 nitrogen and oxygen atoms in total. The number of para-hydroxylation sites is 1. The van der Waals surface area contributed by atoms with E-state index in [-0.39, 0.29) is 17.1 Å². The highest BCUT2D eigenvalue weighted by molar-refractivity contribution is 5.94. The average molecular weight is 289 g/mol. The van der Waals surface area contributed by atoms with E-state index in [9.17, 15) is 13.6 Å². The Kier molecular flexibility index (Phi) is 4.09. The maximum absolute atomic E-state index is 14.0. The quantitative estimate of drug-likeness (QED) is 0.879. The predicted octanol–water partition coefficient (Wildman–Crippen LogP) is 2.76. The predicted molar refractivity (Wildman–Crippen MR) is 69.9 cm³/mol. The molecule has 0 radical (unpaired) electrons. The zero-order valence-electron chi connectivity index (χ0n) is 10.9. The normalized spacial score (nSPS) is 9.81. The molecule has 1 aromatic heterocycles. The highest BCUT2D eigenvalue weighted by atomic mass is 19.1. The third kappa shape index (κ3) is 2.95. The van der Waals surface area contributed by atoms with E-state index in [2.05, 4.69) is 15.0 Å². The highest BCUT2D eigenvalue weighted by Gasteiger charge is 2.20. The molecule has 0 atom stereocenters. The number of rotatable bonds is 3. The number of nitrogens with one attached hydrogen (secondary N) is 1. The molecule has 1 heterocycles. The van der Waals surface area contributed by atoms with Crippen molar-refractivity contribution in [3.8, 4) is 6.07 Å². The van der Waals surface area contributed by atoms with Gasteiger partial charge in [-0.05, 0) is 12.1 Å². The number of hydrogen-bond acceptors (Lipinski definition) is 5. The van der Waals surface area contributed by atoms with Crippen LogP contribution in [0.4, 0.5) is 20.2 Å². The molecular weight excluding hydrogens is 280 g/mol. The molecule has 0 unspecified atom stereocenters. The number of carbonyl (C=O) groups excluding carboxylic acids is 1. The van der Waals surface area contributed by atoms with Crippen molar-refractivity contribution in [1.82, 2.24) is 4.98 Å². The number of benzene rings is 1.